The molecule has 0 aromatic heterocycles. The molecule has 2 rings (SSSR count). The van der Waals surface area contributed by atoms with Crippen LogP contribution in [-0.4, -0.2) is 7.11 Å². The van der Waals surface area contributed by atoms with Crippen LogP contribution in [0.5, 0.6) is 5.75 Å². The lowest BCUT2D eigenvalue weighted by Gasteiger charge is -2.35. The first kappa shape index (κ1) is 9.08. The maximum Gasteiger partial charge on any atom is 0.119 e. The van der Waals surface area contributed by atoms with Gasteiger partial charge in [-0.25, -0.2) is 0 Å². The topological polar surface area (TPSA) is 33.0 Å². The number of methoxy groups -OCH3 is 1. The van der Waals surface area contributed by atoms with Crippen molar-refractivity contribution in [1.82, 2.24) is 0 Å². The summed E-state index contributed by atoms with van der Waals surface area (Å²) in [5.41, 5.74) is 0.875. The molecule has 0 amide bonds. The standard InChI is InChI=1S/C12H13NO/c1-14-11-5-2-4-10(8-11)12(9-13)6-3-7-12/h2,4-5,8H,3,6-7H2,1H3. The summed E-state index contributed by atoms with van der Waals surface area (Å²) in [5, 5.41) is 9.16. The maximum atomic E-state index is 9.16. The molecule has 0 radical (unpaired) electrons. The zero-order valence-corrected chi connectivity index (χ0v) is 8.29. The van der Waals surface area contributed by atoms with Gasteiger partial charge in [0, 0.05) is 0 Å². The van der Waals surface area contributed by atoms with Crippen molar-refractivity contribution in [2.75, 3.05) is 7.11 Å². The third-order valence-corrected chi connectivity index (χ3v) is 3.04. The third-order valence-electron chi connectivity index (χ3n) is 3.04. The summed E-state index contributed by atoms with van der Waals surface area (Å²) < 4.78 is 5.15. The Balaban J connectivity index is 2.36. The Hall–Kier alpha value is -1.49. The number of hydrogen-bond donors (Lipinski definition) is 0. The van der Waals surface area contributed by atoms with Crippen molar-refractivity contribution in [3.8, 4) is 11.8 Å². The first-order valence-corrected chi connectivity index (χ1v) is 4.86. The van der Waals surface area contributed by atoms with Crippen LogP contribution in [0.2, 0.25) is 0 Å². The van der Waals surface area contributed by atoms with Gasteiger partial charge in [-0.15, -0.1) is 0 Å². The summed E-state index contributed by atoms with van der Waals surface area (Å²) in [6.07, 6.45) is 3.12. The molecule has 0 saturated heterocycles. The molecule has 1 aromatic rings. The molecule has 1 saturated carbocycles. The molecular weight excluding hydrogens is 174 g/mol. The fraction of sp³-hybridized carbons (Fsp3) is 0.417. The number of benzene rings is 1. The van der Waals surface area contributed by atoms with Gasteiger partial charge in [0.25, 0.3) is 0 Å². The average molecular weight is 187 g/mol. The molecule has 0 heterocycles. The fourth-order valence-corrected chi connectivity index (χ4v) is 1.92. The van der Waals surface area contributed by atoms with E-state index in [1.54, 1.807) is 7.11 Å². The number of nitriles is 1. The van der Waals surface area contributed by atoms with Gasteiger partial charge in [-0.1, -0.05) is 12.1 Å². The van der Waals surface area contributed by atoms with E-state index in [4.69, 9.17) is 10.00 Å². The zero-order valence-electron chi connectivity index (χ0n) is 8.29. The van der Waals surface area contributed by atoms with Crippen LogP contribution in [0.1, 0.15) is 24.8 Å². The molecule has 0 atom stereocenters. The van der Waals surface area contributed by atoms with Gasteiger partial charge in [-0.05, 0) is 37.0 Å². The van der Waals surface area contributed by atoms with Crippen molar-refractivity contribution in [2.45, 2.75) is 24.7 Å². The molecular formula is C12H13NO. The van der Waals surface area contributed by atoms with Gasteiger partial charge in [-0.3, -0.25) is 0 Å². The second-order valence-corrected chi connectivity index (χ2v) is 3.78. The molecule has 72 valence electrons. The van der Waals surface area contributed by atoms with Gasteiger partial charge in [-0.2, -0.15) is 5.26 Å². The molecule has 2 nitrogen and oxygen atoms in total. The van der Waals surface area contributed by atoms with Crippen LogP contribution in [0, 0.1) is 11.3 Å². The summed E-state index contributed by atoms with van der Waals surface area (Å²) in [7, 11) is 1.65. The molecule has 1 fully saturated rings. The highest BCUT2D eigenvalue weighted by molar-refractivity contribution is 5.39. The smallest absolute Gasteiger partial charge is 0.119 e. The van der Waals surface area contributed by atoms with Crippen molar-refractivity contribution >= 4 is 0 Å². The van der Waals surface area contributed by atoms with Crippen molar-refractivity contribution < 1.29 is 4.74 Å². The molecule has 1 aromatic carbocycles. The second-order valence-electron chi connectivity index (χ2n) is 3.78. The predicted molar refractivity (Wildman–Crippen MR) is 54.1 cm³/mol. The second kappa shape index (κ2) is 3.34. The van der Waals surface area contributed by atoms with Crippen LogP contribution in [0.3, 0.4) is 0 Å². The van der Waals surface area contributed by atoms with E-state index in [2.05, 4.69) is 6.07 Å². The summed E-state index contributed by atoms with van der Waals surface area (Å²) in [6, 6.07) is 10.3. The highest BCUT2D eigenvalue weighted by Crippen LogP contribution is 2.43. The molecule has 0 unspecified atom stereocenters. The van der Waals surface area contributed by atoms with Crippen molar-refractivity contribution in [3.63, 3.8) is 0 Å². The summed E-state index contributed by atoms with van der Waals surface area (Å²) in [6.45, 7) is 0. The van der Waals surface area contributed by atoms with Crippen LogP contribution < -0.4 is 4.74 Å². The van der Waals surface area contributed by atoms with E-state index in [1.807, 2.05) is 24.3 Å². The Kier molecular flexibility index (Phi) is 2.17. The monoisotopic (exact) mass is 187 g/mol. The van der Waals surface area contributed by atoms with Crippen molar-refractivity contribution in [2.24, 2.45) is 0 Å². The summed E-state index contributed by atoms with van der Waals surface area (Å²) in [5.74, 6) is 0.837. The van der Waals surface area contributed by atoms with E-state index in [9.17, 15) is 0 Å². The zero-order chi connectivity index (χ0) is 10.0. The normalized spacial score (nSPS) is 18.0. The Morgan fingerprint density at radius 3 is 2.71 bits per heavy atom. The van der Waals surface area contributed by atoms with Gasteiger partial charge in [0.2, 0.25) is 0 Å². The van der Waals surface area contributed by atoms with Crippen LogP contribution >= 0.6 is 0 Å². The molecule has 0 bridgehead atoms. The molecule has 0 spiro atoms. The SMILES string of the molecule is COc1cccc(C2(C#N)CCC2)c1. The van der Waals surface area contributed by atoms with Crippen LogP contribution in [0.25, 0.3) is 0 Å². The van der Waals surface area contributed by atoms with Gasteiger partial charge in [0.15, 0.2) is 0 Å². The van der Waals surface area contributed by atoms with E-state index in [1.165, 1.54) is 0 Å². The maximum absolute atomic E-state index is 9.16. The van der Waals surface area contributed by atoms with E-state index in [0.29, 0.717) is 0 Å². The minimum Gasteiger partial charge on any atom is -0.497 e. The lowest BCUT2D eigenvalue weighted by atomic mass is 9.65. The first-order chi connectivity index (χ1) is 6.80. The number of nitrogens with zero attached hydrogens (tertiary/aromatic N) is 1. The third kappa shape index (κ3) is 1.26. The minimum atomic E-state index is -0.228. The number of rotatable bonds is 2. The quantitative estimate of drug-likeness (QED) is 0.713. The largest absolute Gasteiger partial charge is 0.497 e. The van der Waals surface area contributed by atoms with Crippen molar-refractivity contribution in [3.05, 3.63) is 29.8 Å². The molecule has 1 aliphatic rings. The highest BCUT2D eigenvalue weighted by Gasteiger charge is 2.38. The molecule has 1 aliphatic carbocycles. The Labute approximate surface area is 84.1 Å². The van der Waals surface area contributed by atoms with Crippen LogP contribution in [0.15, 0.2) is 24.3 Å². The van der Waals surface area contributed by atoms with E-state index in [-0.39, 0.29) is 5.41 Å². The van der Waals surface area contributed by atoms with E-state index in [0.717, 1.165) is 30.6 Å². The summed E-state index contributed by atoms with van der Waals surface area (Å²) in [4.78, 5) is 0. The van der Waals surface area contributed by atoms with Gasteiger partial charge >= 0.3 is 0 Å². The van der Waals surface area contributed by atoms with E-state index < -0.39 is 0 Å². The average Bonchev–Trinajstić information content (AvgIpc) is 2.18. The van der Waals surface area contributed by atoms with Crippen LogP contribution in [-0.2, 0) is 5.41 Å². The Bertz CT molecular complexity index is 374. The lowest BCUT2D eigenvalue weighted by Crippen LogP contribution is -2.32. The molecule has 2 heteroatoms. The van der Waals surface area contributed by atoms with Gasteiger partial charge in [0.1, 0.15) is 5.75 Å². The number of ether oxygens (including phenoxy) is 1. The Morgan fingerprint density at radius 2 is 2.21 bits per heavy atom. The Morgan fingerprint density at radius 1 is 1.43 bits per heavy atom. The molecule has 0 aliphatic heterocycles. The molecule has 14 heavy (non-hydrogen) atoms. The number of hydrogen-bond acceptors (Lipinski definition) is 2. The van der Waals surface area contributed by atoms with Crippen molar-refractivity contribution in [1.29, 1.82) is 5.26 Å². The first-order valence-electron chi connectivity index (χ1n) is 4.86. The van der Waals surface area contributed by atoms with Gasteiger partial charge in [0.05, 0.1) is 18.6 Å². The lowest BCUT2D eigenvalue weighted by molar-refractivity contribution is 0.322. The van der Waals surface area contributed by atoms with E-state index >= 15 is 0 Å². The fourth-order valence-electron chi connectivity index (χ4n) is 1.92. The minimum absolute atomic E-state index is 0.228. The van der Waals surface area contributed by atoms with Crippen LogP contribution in [0.4, 0.5) is 0 Å². The predicted octanol–water partition coefficient (Wildman–Crippen LogP) is 2.64. The van der Waals surface area contributed by atoms with Gasteiger partial charge < -0.3 is 4.74 Å². The highest BCUT2D eigenvalue weighted by atomic mass is 16.5. The molecule has 0 N–H and O–H groups in total. The summed E-state index contributed by atoms with van der Waals surface area (Å²) >= 11 is 0.